The smallest absolute Gasteiger partial charge is 0.236 e. The van der Waals surface area contributed by atoms with Gasteiger partial charge in [-0.1, -0.05) is 6.92 Å². The number of nitrogens with zero attached hydrogens (tertiary/aromatic N) is 4. The summed E-state index contributed by atoms with van der Waals surface area (Å²) in [5.74, 6) is 0.352. The second-order valence-corrected chi connectivity index (χ2v) is 6.30. The molecule has 0 radical (unpaired) electrons. The molecule has 3 N–H and O–H groups in total. The van der Waals surface area contributed by atoms with E-state index >= 15 is 0 Å². The second-order valence-electron chi connectivity index (χ2n) is 6.30. The molecule has 7 nitrogen and oxygen atoms in total. The van der Waals surface area contributed by atoms with Crippen LogP contribution in [0.25, 0.3) is 11.2 Å². The van der Waals surface area contributed by atoms with E-state index < -0.39 is 6.04 Å². The Morgan fingerprint density at radius 2 is 2.04 bits per heavy atom. The van der Waals surface area contributed by atoms with Gasteiger partial charge in [0.25, 0.3) is 0 Å². The van der Waals surface area contributed by atoms with Gasteiger partial charge in [-0.05, 0) is 25.3 Å². The maximum atomic E-state index is 11.9. The summed E-state index contributed by atoms with van der Waals surface area (Å²) >= 11 is 0. The molecule has 1 aliphatic rings. The highest BCUT2D eigenvalue weighted by molar-refractivity contribution is 5.85. The molecular formula is C16H22N6O. The predicted molar refractivity (Wildman–Crippen MR) is 88.9 cm³/mol. The zero-order valence-electron chi connectivity index (χ0n) is 13.4. The standard InChI is InChI=1S/C16H22N6O/c1-10-7-12(21-16(23)11(2)17)9-22(8-10)13-3-4-19-15-14(13)18-5-6-20-15/h3-6,10-12H,7-9,17H2,1-2H3,(H,21,23)/t10-,11+,12+/m0/s1. The number of hydrogen-bond acceptors (Lipinski definition) is 6. The monoisotopic (exact) mass is 314 g/mol. The first-order chi connectivity index (χ1) is 11.0. The average Bonchev–Trinajstić information content (AvgIpc) is 2.53. The summed E-state index contributed by atoms with van der Waals surface area (Å²) in [4.78, 5) is 27.1. The first kappa shape index (κ1) is 15.6. The van der Waals surface area contributed by atoms with E-state index in [4.69, 9.17) is 5.73 Å². The summed E-state index contributed by atoms with van der Waals surface area (Å²) in [6, 6.07) is 1.55. The third kappa shape index (κ3) is 3.39. The van der Waals surface area contributed by atoms with Gasteiger partial charge in [-0.3, -0.25) is 4.79 Å². The number of piperidine rings is 1. The summed E-state index contributed by atoms with van der Waals surface area (Å²) < 4.78 is 0. The summed E-state index contributed by atoms with van der Waals surface area (Å²) in [7, 11) is 0. The van der Waals surface area contributed by atoms with Gasteiger partial charge in [-0.15, -0.1) is 0 Å². The highest BCUT2D eigenvalue weighted by Crippen LogP contribution is 2.27. The van der Waals surface area contributed by atoms with Crippen molar-refractivity contribution in [3.8, 4) is 0 Å². The lowest BCUT2D eigenvalue weighted by Crippen LogP contribution is -2.53. The summed E-state index contributed by atoms with van der Waals surface area (Å²) in [5.41, 5.74) is 8.10. The zero-order chi connectivity index (χ0) is 16.4. The zero-order valence-corrected chi connectivity index (χ0v) is 13.4. The van der Waals surface area contributed by atoms with Gasteiger partial charge >= 0.3 is 0 Å². The molecule has 1 saturated heterocycles. The van der Waals surface area contributed by atoms with Gasteiger partial charge in [0.2, 0.25) is 5.91 Å². The van der Waals surface area contributed by atoms with E-state index in [1.165, 1.54) is 0 Å². The predicted octanol–water partition coefficient (Wildman–Crippen LogP) is 0.703. The normalized spacial score (nSPS) is 22.8. The quantitative estimate of drug-likeness (QED) is 0.866. The number of carbonyl (C=O) groups excluding carboxylic acids is 1. The van der Waals surface area contributed by atoms with Crippen LogP contribution in [0.5, 0.6) is 0 Å². The van der Waals surface area contributed by atoms with E-state index in [1.807, 2.05) is 6.07 Å². The third-order valence-corrected chi connectivity index (χ3v) is 4.11. The minimum absolute atomic E-state index is 0.0807. The number of aromatic nitrogens is 3. The van der Waals surface area contributed by atoms with E-state index in [9.17, 15) is 4.79 Å². The Balaban J connectivity index is 1.85. The largest absolute Gasteiger partial charge is 0.367 e. The Hall–Kier alpha value is -2.28. The van der Waals surface area contributed by atoms with E-state index in [2.05, 4.69) is 32.1 Å². The molecule has 1 amide bonds. The van der Waals surface area contributed by atoms with Crippen molar-refractivity contribution in [2.45, 2.75) is 32.4 Å². The van der Waals surface area contributed by atoms with Crippen LogP contribution in [0.15, 0.2) is 24.7 Å². The fourth-order valence-electron chi connectivity index (χ4n) is 3.10. The van der Waals surface area contributed by atoms with Crippen LogP contribution >= 0.6 is 0 Å². The van der Waals surface area contributed by atoms with Crippen LogP contribution in [0.1, 0.15) is 20.3 Å². The lowest BCUT2D eigenvalue weighted by Gasteiger charge is -2.38. The average molecular weight is 314 g/mol. The van der Waals surface area contributed by atoms with Crippen LogP contribution in [0.2, 0.25) is 0 Å². The van der Waals surface area contributed by atoms with E-state index in [0.29, 0.717) is 11.6 Å². The number of nitrogens with one attached hydrogen (secondary N) is 1. The molecule has 1 aliphatic heterocycles. The molecule has 7 heteroatoms. The fourth-order valence-corrected chi connectivity index (χ4v) is 3.10. The summed E-state index contributed by atoms with van der Waals surface area (Å²) in [6.07, 6.45) is 6.02. The Bertz CT molecular complexity index is 699. The van der Waals surface area contributed by atoms with Crippen LogP contribution in [-0.4, -0.2) is 46.0 Å². The van der Waals surface area contributed by atoms with Crippen molar-refractivity contribution < 1.29 is 4.79 Å². The summed E-state index contributed by atoms with van der Waals surface area (Å²) in [5, 5.41) is 3.04. The van der Waals surface area contributed by atoms with Gasteiger partial charge in [-0.25, -0.2) is 15.0 Å². The number of amides is 1. The van der Waals surface area contributed by atoms with Crippen molar-refractivity contribution in [1.29, 1.82) is 0 Å². The lowest BCUT2D eigenvalue weighted by molar-refractivity contribution is -0.122. The topological polar surface area (TPSA) is 97.0 Å². The molecule has 2 aromatic heterocycles. The van der Waals surface area contributed by atoms with Crippen molar-refractivity contribution in [1.82, 2.24) is 20.3 Å². The second kappa shape index (κ2) is 6.45. The van der Waals surface area contributed by atoms with Crippen LogP contribution in [0.3, 0.4) is 0 Å². The summed E-state index contributed by atoms with van der Waals surface area (Å²) in [6.45, 7) is 5.54. The number of hydrogen-bond donors (Lipinski definition) is 2. The number of fused-ring (bicyclic) bond motifs is 1. The Morgan fingerprint density at radius 3 is 2.83 bits per heavy atom. The van der Waals surface area contributed by atoms with E-state index in [1.54, 1.807) is 25.5 Å². The molecule has 0 unspecified atom stereocenters. The molecule has 122 valence electrons. The van der Waals surface area contributed by atoms with E-state index in [-0.39, 0.29) is 11.9 Å². The van der Waals surface area contributed by atoms with Crippen molar-refractivity contribution in [3.63, 3.8) is 0 Å². The molecule has 0 spiro atoms. The third-order valence-electron chi connectivity index (χ3n) is 4.11. The number of rotatable bonds is 3. The van der Waals surface area contributed by atoms with Gasteiger partial charge < -0.3 is 16.0 Å². The van der Waals surface area contributed by atoms with Crippen molar-refractivity contribution in [3.05, 3.63) is 24.7 Å². The van der Waals surface area contributed by atoms with Gasteiger partial charge in [-0.2, -0.15) is 0 Å². The maximum Gasteiger partial charge on any atom is 0.236 e. The van der Waals surface area contributed by atoms with E-state index in [0.717, 1.165) is 30.7 Å². The van der Waals surface area contributed by atoms with Crippen molar-refractivity contribution >= 4 is 22.8 Å². The molecular weight excluding hydrogens is 292 g/mol. The van der Waals surface area contributed by atoms with Crippen LogP contribution in [0, 0.1) is 5.92 Å². The first-order valence-corrected chi connectivity index (χ1v) is 7.91. The molecule has 23 heavy (non-hydrogen) atoms. The van der Waals surface area contributed by atoms with Gasteiger partial charge in [0, 0.05) is 37.7 Å². The molecule has 0 bridgehead atoms. The van der Waals surface area contributed by atoms with Crippen LogP contribution in [0.4, 0.5) is 5.69 Å². The highest BCUT2D eigenvalue weighted by atomic mass is 16.2. The fraction of sp³-hybridized carbons (Fsp3) is 0.500. The lowest BCUT2D eigenvalue weighted by atomic mass is 9.95. The molecule has 2 aromatic rings. The number of nitrogens with two attached hydrogens (primary N) is 1. The van der Waals surface area contributed by atoms with Crippen LogP contribution in [-0.2, 0) is 4.79 Å². The number of carbonyl (C=O) groups is 1. The molecule has 3 heterocycles. The first-order valence-electron chi connectivity index (χ1n) is 7.91. The molecule has 3 atom stereocenters. The van der Waals surface area contributed by atoms with Crippen LogP contribution < -0.4 is 16.0 Å². The highest BCUT2D eigenvalue weighted by Gasteiger charge is 2.27. The maximum absolute atomic E-state index is 11.9. The van der Waals surface area contributed by atoms with Crippen molar-refractivity contribution in [2.24, 2.45) is 11.7 Å². The van der Waals surface area contributed by atoms with Gasteiger partial charge in [0.1, 0.15) is 5.52 Å². The van der Waals surface area contributed by atoms with Gasteiger partial charge in [0.05, 0.1) is 11.7 Å². The Kier molecular flexibility index (Phi) is 4.38. The Labute approximate surface area is 135 Å². The minimum atomic E-state index is -0.492. The number of anilines is 1. The molecule has 1 fully saturated rings. The van der Waals surface area contributed by atoms with Gasteiger partial charge in [0.15, 0.2) is 5.65 Å². The SMILES string of the molecule is C[C@H]1C[C@@H](NC(=O)[C@@H](C)N)CN(c2ccnc3nccnc23)C1. The molecule has 0 aromatic carbocycles. The number of pyridine rings is 1. The molecule has 0 saturated carbocycles. The molecule has 3 rings (SSSR count). The van der Waals surface area contributed by atoms with Crippen molar-refractivity contribution in [2.75, 3.05) is 18.0 Å². The minimum Gasteiger partial charge on any atom is -0.367 e. The Morgan fingerprint density at radius 1 is 1.30 bits per heavy atom. The molecule has 0 aliphatic carbocycles.